The zero-order chi connectivity index (χ0) is 12.6. The van der Waals surface area contributed by atoms with Crippen molar-refractivity contribution >= 4 is 21.4 Å². The quantitative estimate of drug-likeness (QED) is 0.604. The van der Waals surface area contributed by atoms with Gasteiger partial charge in [-0.05, 0) is 18.9 Å². The molecule has 2 rings (SSSR count). The zero-order valence-corrected chi connectivity index (χ0v) is 10.1. The van der Waals surface area contributed by atoms with Crippen molar-refractivity contribution in [3.8, 4) is 0 Å². The lowest BCUT2D eigenvalue weighted by Crippen LogP contribution is -2.31. The van der Waals surface area contributed by atoms with Crippen LogP contribution in [0.3, 0.4) is 0 Å². The number of benzene rings is 1. The molecule has 0 unspecified atom stereocenters. The highest BCUT2D eigenvalue weighted by Gasteiger charge is 2.35. The van der Waals surface area contributed by atoms with Gasteiger partial charge in [0.1, 0.15) is 0 Å². The van der Waals surface area contributed by atoms with Crippen LogP contribution < -0.4 is 4.31 Å². The Labute approximate surface area is 99.1 Å². The molecule has 17 heavy (non-hydrogen) atoms. The van der Waals surface area contributed by atoms with Gasteiger partial charge in [-0.15, -0.1) is 0 Å². The fourth-order valence-corrected chi connectivity index (χ4v) is 2.97. The third-order valence-electron chi connectivity index (χ3n) is 2.53. The van der Waals surface area contributed by atoms with Gasteiger partial charge in [0.15, 0.2) is 0 Å². The topological polar surface area (TPSA) is 80.5 Å². The Hall–Kier alpha value is -1.63. The van der Waals surface area contributed by atoms with Crippen molar-refractivity contribution in [3.05, 3.63) is 34.4 Å². The van der Waals surface area contributed by atoms with Crippen LogP contribution in [0.2, 0.25) is 0 Å². The number of nitro benzene ring substituents is 1. The van der Waals surface area contributed by atoms with Crippen LogP contribution in [-0.2, 0) is 10.0 Å². The smallest absolute Gasteiger partial charge is 0.267 e. The zero-order valence-electron chi connectivity index (χ0n) is 9.24. The minimum Gasteiger partial charge on any atom is -0.267 e. The molecule has 0 aliphatic heterocycles. The van der Waals surface area contributed by atoms with Gasteiger partial charge in [0.05, 0.1) is 16.9 Å². The van der Waals surface area contributed by atoms with Gasteiger partial charge in [-0.25, -0.2) is 8.42 Å². The first kappa shape index (κ1) is 11.8. The maximum atomic E-state index is 11.7. The Balaban J connectivity index is 2.43. The van der Waals surface area contributed by atoms with Crippen molar-refractivity contribution in [3.63, 3.8) is 0 Å². The van der Waals surface area contributed by atoms with Gasteiger partial charge < -0.3 is 0 Å². The molecule has 1 aliphatic carbocycles. The highest BCUT2D eigenvalue weighted by molar-refractivity contribution is 7.92. The van der Waals surface area contributed by atoms with E-state index in [4.69, 9.17) is 0 Å². The van der Waals surface area contributed by atoms with E-state index in [9.17, 15) is 18.5 Å². The summed E-state index contributed by atoms with van der Waals surface area (Å²) in [6.45, 7) is 0. The minimum absolute atomic E-state index is 0.0491. The molecule has 0 aromatic heterocycles. The molecule has 1 aromatic carbocycles. The lowest BCUT2D eigenvalue weighted by atomic mass is 10.3. The number of non-ortho nitro benzene ring substituents is 1. The van der Waals surface area contributed by atoms with Crippen molar-refractivity contribution in [2.75, 3.05) is 10.6 Å². The van der Waals surface area contributed by atoms with Gasteiger partial charge in [-0.3, -0.25) is 14.4 Å². The lowest BCUT2D eigenvalue weighted by Gasteiger charge is -2.21. The van der Waals surface area contributed by atoms with Crippen molar-refractivity contribution in [2.45, 2.75) is 18.9 Å². The molecular weight excluding hydrogens is 244 g/mol. The molecule has 1 saturated carbocycles. The Morgan fingerprint density at radius 3 is 2.53 bits per heavy atom. The number of hydrogen-bond acceptors (Lipinski definition) is 4. The number of hydrogen-bond donors (Lipinski definition) is 0. The molecule has 0 amide bonds. The summed E-state index contributed by atoms with van der Waals surface area (Å²) in [7, 11) is -3.39. The summed E-state index contributed by atoms with van der Waals surface area (Å²) < 4.78 is 24.6. The van der Waals surface area contributed by atoms with Gasteiger partial charge in [0.2, 0.25) is 10.0 Å². The molecule has 0 bridgehead atoms. The standard InChI is InChI=1S/C10H12N2O4S/c1-17(15,16)11(8-5-6-8)9-3-2-4-10(7-9)12(13)14/h2-4,7-8H,5-6H2,1H3. The molecule has 0 radical (unpaired) electrons. The van der Waals surface area contributed by atoms with E-state index in [2.05, 4.69) is 0 Å². The first-order chi connectivity index (χ1) is 7.89. The predicted molar refractivity (Wildman–Crippen MR) is 63.4 cm³/mol. The number of nitro groups is 1. The Bertz CT molecular complexity index is 551. The molecule has 0 saturated heterocycles. The van der Waals surface area contributed by atoms with E-state index in [1.165, 1.54) is 22.5 Å². The molecule has 1 fully saturated rings. The van der Waals surface area contributed by atoms with Crippen LogP contribution in [0.15, 0.2) is 24.3 Å². The van der Waals surface area contributed by atoms with Gasteiger partial charge in [0.25, 0.3) is 5.69 Å². The summed E-state index contributed by atoms with van der Waals surface area (Å²) >= 11 is 0. The molecule has 0 N–H and O–H groups in total. The summed E-state index contributed by atoms with van der Waals surface area (Å²) in [4.78, 5) is 10.1. The Morgan fingerprint density at radius 2 is 2.06 bits per heavy atom. The van der Waals surface area contributed by atoms with E-state index in [1.807, 2.05) is 0 Å². The van der Waals surface area contributed by atoms with E-state index in [0.717, 1.165) is 19.1 Å². The monoisotopic (exact) mass is 256 g/mol. The van der Waals surface area contributed by atoms with Crippen LogP contribution in [0.1, 0.15) is 12.8 Å². The fourth-order valence-electron chi connectivity index (χ4n) is 1.73. The maximum Gasteiger partial charge on any atom is 0.271 e. The van der Waals surface area contributed by atoms with E-state index >= 15 is 0 Å². The third-order valence-corrected chi connectivity index (χ3v) is 3.75. The molecular formula is C10H12N2O4S. The Morgan fingerprint density at radius 1 is 1.41 bits per heavy atom. The largest absolute Gasteiger partial charge is 0.271 e. The van der Waals surface area contributed by atoms with Gasteiger partial charge in [-0.2, -0.15) is 0 Å². The normalized spacial score (nSPS) is 15.6. The van der Waals surface area contributed by atoms with Gasteiger partial charge in [-0.1, -0.05) is 6.07 Å². The summed E-state index contributed by atoms with van der Waals surface area (Å²) in [6, 6.07) is 5.66. The van der Waals surface area contributed by atoms with Crippen LogP contribution in [0.25, 0.3) is 0 Å². The molecule has 92 valence electrons. The number of anilines is 1. The summed E-state index contributed by atoms with van der Waals surface area (Å²) in [6.07, 6.45) is 2.72. The van der Waals surface area contributed by atoms with Gasteiger partial charge >= 0.3 is 0 Å². The molecule has 6 nitrogen and oxygen atoms in total. The summed E-state index contributed by atoms with van der Waals surface area (Å²) in [5.41, 5.74) is 0.265. The van der Waals surface area contributed by atoms with E-state index in [1.54, 1.807) is 6.07 Å². The number of sulfonamides is 1. The third kappa shape index (κ3) is 2.55. The van der Waals surface area contributed by atoms with E-state index < -0.39 is 14.9 Å². The van der Waals surface area contributed by atoms with Crippen LogP contribution in [0.4, 0.5) is 11.4 Å². The average molecular weight is 256 g/mol. The van der Waals surface area contributed by atoms with Crippen LogP contribution in [0.5, 0.6) is 0 Å². The molecule has 7 heteroatoms. The summed E-state index contributed by atoms with van der Waals surface area (Å²) in [5, 5.41) is 10.6. The van der Waals surface area contributed by atoms with Crippen molar-refractivity contribution in [1.82, 2.24) is 0 Å². The highest BCUT2D eigenvalue weighted by atomic mass is 32.2. The van der Waals surface area contributed by atoms with Crippen molar-refractivity contribution < 1.29 is 13.3 Å². The predicted octanol–water partition coefficient (Wildman–Crippen LogP) is 1.52. The molecule has 0 spiro atoms. The van der Waals surface area contributed by atoms with Crippen molar-refractivity contribution in [2.24, 2.45) is 0 Å². The minimum atomic E-state index is -3.39. The molecule has 1 aliphatic rings. The fraction of sp³-hybridized carbons (Fsp3) is 0.400. The average Bonchev–Trinajstić information content (AvgIpc) is 3.00. The van der Waals surface area contributed by atoms with Crippen LogP contribution >= 0.6 is 0 Å². The van der Waals surface area contributed by atoms with E-state index in [0.29, 0.717) is 5.69 Å². The Kier molecular flexibility index (Phi) is 2.78. The van der Waals surface area contributed by atoms with Crippen LogP contribution in [-0.4, -0.2) is 25.6 Å². The second-order valence-corrected chi connectivity index (χ2v) is 5.93. The van der Waals surface area contributed by atoms with E-state index in [-0.39, 0.29) is 11.7 Å². The molecule has 1 aromatic rings. The van der Waals surface area contributed by atoms with Crippen molar-refractivity contribution in [1.29, 1.82) is 0 Å². The second kappa shape index (κ2) is 3.99. The number of rotatable bonds is 4. The van der Waals surface area contributed by atoms with Crippen LogP contribution in [0, 0.1) is 10.1 Å². The lowest BCUT2D eigenvalue weighted by molar-refractivity contribution is -0.384. The molecule has 0 atom stereocenters. The summed E-state index contributed by atoms with van der Waals surface area (Å²) in [5.74, 6) is 0. The SMILES string of the molecule is CS(=O)(=O)N(c1cccc([N+](=O)[O-])c1)C1CC1. The van der Waals surface area contributed by atoms with Gasteiger partial charge in [0, 0.05) is 18.2 Å². The number of nitrogens with zero attached hydrogens (tertiary/aromatic N) is 2. The first-order valence-electron chi connectivity index (χ1n) is 5.13. The maximum absolute atomic E-state index is 11.7. The molecule has 0 heterocycles. The first-order valence-corrected chi connectivity index (χ1v) is 6.98. The second-order valence-electron chi connectivity index (χ2n) is 4.07. The highest BCUT2D eigenvalue weighted by Crippen LogP contribution is 2.34.